The van der Waals surface area contributed by atoms with E-state index in [4.69, 9.17) is 0 Å². The highest BCUT2D eigenvalue weighted by molar-refractivity contribution is 9.10. The Bertz CT molecular complexity index is 413. The lowest BCUT2D eigenvalue weighted by Crippen LogP contribution is -2.42. The Morgan fingerprint density at radius 3 is 2.37 bits per heavy atom. The standard InChI is InChI=1S/C16H24BrNO/c1-5-15(6-2)18(11-12(3)4)16(19)13-8-7-9-14(17)10-13/h7-10,12,15H,5-6,11H2,1-4H3. The lowest BCUT2D eigenvalue weighted by atomic mass is 10.1. The Kier molecular flexibility index (Phi) is 6.56. The number of carbonyl (C=O) groups is 1. The molecule has 1 aromatic carbocycles. The van der Waals surface area contributed by atoms with E-state index in [0.717, 1.165) is 29.4 Å². The van der Waals surface area contributed by atoms with Gasteiger partial charge in [0, 0.05) is 22.6 Å². The highest BCUT2D eigenvalue weighted by Crippen LogP contribution is 2.18. The second-order valence-corrected chi connectivity index (χ2v) is 6.25. The van der Waals surface area contributed by atoms with Crippen molar-refractivity contribution in [1.29, 1.82) is 0 Å². The topological polar surface area (TPSA) is 20.3 Å². The maximum Gasteiger partial charge on any atom is 0.254 e. The first kappa shape index (κ1) is 16.2. The summed E-state index contributed by atoms with van der Waals surface area (Å²) >= 11 is 3.43. The van der Waals surface area contributed by atoms with Crippen molar-refractivity contribution in [3.05, 3.63) is 34.3 Å². The van der Waals surface area contributed by atoms with E-state index >= 15 is 0 Å². The van der Waals surface area contributed by atoms with E-state index in [1.165, 1.54) is 0 Å². The summed E-state index contributed by atoms with van der Waals surface area (Å²) in [6.07, 6.45) is 2.01. The number of benzene rings is 1. The van der Waals surface area contributed by atoms with Crippen molar-refractivity contribution in [3.8, 4) is 0 Å². The van der Waals surface area contributed by atoms with E-state index in [9.17, 15) is 4.79 Å². The first-order chi connectivity index (χ1) is 8.99. The zero-order valence-corrected chi connectivity index (χ0v) is 13.9. The highest BCUT2D eigenvalue weighted by atomic mass is 79.9. The lowest BCUT2D eigenvalue weighted by Gasteiger charge is -2.32. The Morgan fingerprint density at radius 1 is 1.26 bits per heavy atom. The number of halogens is 1. The largest absolute Gasteiger partial charge is 0.335 e. The van der Waals surface area contributed by atoms with Crippen LogP contribution in [0.25, 0.3) is 0 Å². The van der Waals surface area contributed by atoms with Crippen molar-refractivity contribution in [2.45, 2.75) is 46.6 Å². The molecule has 0 aliphatic carbocycles. The van der Waals surface area contributed by atoms with Gasteiger partial charge < -0.3 is 4.90 Å². The average molecular weight is 326 g/mol. The fraction of sp³-hybridized carbons (Fsp3) is 0.562. The Morgan fingerprint density at radius 2 is 1.89 bits per heavy atom. The Balaban J connectivity index is 2.99. The van der Waals surface area contributed by atoms with Crippen LogP contribution in [0.15, 0.2) is 28.7 Å². The fourth-order valence-corrected chi connectivity index (χ4v) is 2.71. The summed E-state index contributed by atoms with van der Waals surface area (Å²) in [4.78, 5) is 14.7. The van der Waals surface area contributed by atoms with E-state index in [0.29, 0.717) is 12.0 Å². The predicted octanol–water partition coefficient (Wildman–Crippen LogP) is 4.74. The van der Waals surface area contributed by atoms with E-state index in [2.05, 4.69) is 43.6 Å². The smallest absolute Gasteiger partial charge is 0.254 e. The van der Waals surface area contributed by atoms with Gasteiger partial charge in [0.2, 0.25) is 0 Å². The molecule has 0 saturated carbocycles. The molecule has 0 atom stereocenters. The maximum atomic E-state index is 12.7. The molecule has 0 bridgehead atoms. The number of amides is 1. The van der Waals surface area contributed by atoms with Crippen LogP contribution in [-0.2, 0) is 0 Å². The molecule has 0 fully saturated rings. The van der Waals surface area contributed by atoms with Crippen LogP contribution in [0.4, 0.5) is 0 Å². The highest BCUT2D eigenvalue weighted by Gasteiger charge is 2.23. The van der Waals surface area contributed by atoms with E-state index in [1.54, 1.807) is 0 Å². The van der Waals surface area contributed by atoms with Crippen molar-refractivity contribution in [2.24, 2.45) is 5.92 Å². The molecule has 0 heterocycles. The van der Waals surface area contributed by atoms with Gasteiger partial charge in [0.1, 0.15) is 0 Å². The number of rotatable bonds is 6. The van der Waals surface area contributed by atoms with Gasteiger partial charge in [-0.15, -0.1) is 0 Å². The van der Waals surface area contributed by atoms with Crippen molar-refractivity contribution in [3.63, 3.8) is 0 Å². The molecular weight excluding hydrogens is 302 g/mol. The average Bonchev–Trinajstić information content (AvgIpc) is 2.37. The first-order valence-corrected chi connectivity index (χ1v) is 7.85. The number of nitrogens with zero attached hydrogens (tertiary/aromatic N) is 1. The second kappa shape index (κ2) is 7.68. The summed E-state index contributed by atoms with van der Waals surface area (Å²) in [5.74, 6) is 0.625. The van der Waals surface area contributed by atoms with E-state index < -0.39 is 0 Å². The molecule has 106 valence electrons. The van der Waals surface area contributed by atoms with Crippen LogP contribution in [-0.4, -0.2) is 23.4 Å². The number of hydrogen-bond acceptors (Lipinski definition) is 1. The van der Waals surface area contributed by atoms with E-state index in [1.807, 2.05) is 29.2 Å². The van der Waals surface area contributed by atoms with Crippen molar-refractivity contribution in [1.82, 2.24) is 4.90 Å². The summed E-state index contributed by atoms with van der Waals surface area (Å²) in [7, 11) is 0. The monoisotopic (exact) mass is 325 g/mol. The quantitative estimate of drug-likeness (QED) is 0.740. The minimum Gasteiger partial charge on any atom is -0.335 e. The van der Waals surface area contributed by atoms with Gasteiger partial charge in [0.25, 0.3) is 5.91 Å². The molecule has 0 aliphatic heterocycles. The molecule has 0 radical (unpaired) electrons. The van der Waals surface area contributed by atoms with Crippen LogP contribution in [0.3, 0.4) is 0 Å². The third kappa shape index (κ3) is 4.64. The molecule has 0 aliphatic rings. The summed E-state index contributed by atoms with van der Waals surface area (Å²) < 4.78 is 0.951. The van der Waals surface area contributed by atoms with Crippen LogP contribution < -0.4 is 0 Å². The van der Waals surface area contributed by atoms with Crippen LogP contribution in [0.5, 0.6) is 0 Å². The summed E-state index contributed by atoms with van der Waals surface area (Å²) in [6.45, 7) is 9.43. The van der Waals surface area contributed by atoms with Gasteiger partial charge in [0.05, 0.1) is 0 Å². The van der Waals surface area contributed by atoms with Crippen LogP contribution in [0.2, 0.25) is 0 Å². The summed E-state index contributed by atoms with van der Waals surface area (Å²) in [6, 6.07) is 7.98. The van der Waals surface area contributed by atoms with Crippen molar-refractivity contribution in [2.75, 3.05) is 6.54 Å². The van der Waals surface area contributed by atoms with Gasteiger partial charge in [0.15, 0.2) is 0 Å². The summed E-state index contributed by atoms with van der Waals surface area (Å²) in [5, 5.41) is 0. The molecule has 1 amide bonds. The maximum absolute atomic E-state index is 12.7. The molecule has 2 nitrogen and oxygen atoms in total. The van der Waals surface area contributed by atoms with Crippen molar-refractivity contribution < 1.29 is 4.79 Å². The molecule has 0 unspecified atom stereocenters. The zero-order chi connectivity index (χ0) is 14.4. The van der Waals surface area contributed by atoms with Gasteiger partial charge in [-0.25, -0.2) is 0 Å². The lowest BCUT2D eigenvalue weighted by molar-refractivity contribution is 0.0640. The van der Waals surface area contributed by atoms with Crippen LogP contribution in [0.1, 0.15) is 50.9 Å². The molecule has 0 N–H and O–H groups in total. The van der Waals surface area contributed by atoms with Crippen molar-refractivity contribution >= 4 is 21.8 Å². The molecule has 1 rings (SSSR count). The second-order valence-electron chi connectivity index (χ2n) is 5.33. The molecular formula is C16H24BrNO. The van der Waals surface area contributed by atoms with Gasteiger partial charge in [-0.2, -0.15) is 0 Å². The van der Waals surface area contributed by atoms with E-state index in [-0.39, 0.29) is 5.91 Å². The summed E-state index contributed by atoms with van der Waals surface area (Å²) in [5.41, 5.74) is 0.766. The van der Waals surface area contributed by atoms with Crippen LogP contribution >= 0.6 is 15.9 Å². The molecule has 0 spiro atoms. The predicted molar refractivity (Wildman–Crippen MR) is 84.4 cm³/mol. The minimum atomic E-state index is 0.142. The molecule has 3 heteroatoms. The molecule has 1 aromatic rings. The molecule has 19 heavy (non-hydrogen) atoms. The number of hydrogen-bond donors (Lipinski definition) is 0. The Labute approximate surface area is 125 Å². The van der Waals surface area contributed by atoms with Gasteiger partial charge in [-0.05, 0) is 37.0 Å². The molecule has 0 aromatic heterocycles. The van der Waals surface area contributed by atoms with Gasteiger partial charge in [-0.1, -0.05) is 49.7 Å². The molecule has 0 saturated heterocycles. The third-order valence-corrected chi connectivity index (χ3v) is 3.77. The van der Waals surface area contributed by atoms with Crippen LogP contribution in [0, 0.1) is 5.92 Å². The minimum absolute atomic E-state index is 0.142. The SMILES string of the molecule is CCC(CC)N(CC(C)C)C(=O)c1cccc(Br)c1. The number of carbonyl (C=O) groups excluding carboxylic acids is 1. The first-order valence-electron chi connectivity index (χ1n) is 7.06. The van der Waals surface area contributed by atoms with Gasteiger partial charge in [-0.3, -0.25) is 4.79 Å². The normalized spacial score (nSPS) is 11.1. The zero-order valence-electron chi connectivity index (χ0n) is 12.3. The van der Waals surface area contributed by atoms with Gasteiger partial charge >= 0.3 is 0 Å². The fourth-order valence-electron chi connectivity index (χ4n) is 2.31. The Hall–Kier alpha value is -0.830. The third-order valence-electron chi connectivity index (χ3n) is 3.28.